The van der Waals surface area contributed by atoms with Crippen LogP contribution in [0.25, 0.3) is 33.7 Å². The number of aromatic nitrogens is 4. The maximum Gasteiger partial charge on any atom is 0.259 e. The molecule has 5 aromatic rings. The first-order valence-electron chi connectivity index (χ1n) is 10.5. The van der Waals surface area contributed by atoms with Crippen LogP contribution in [-0.4, -0.2) is 32.7 Å². The molecule has 35 heavy (non-hydrogen) atoms. The number of benzene rings is 2. The van der Waals surface area contributed by atoms with Gasteiger partial charge in [0.05, 0.1) is 23.2 Å². The van der Waals surface area contributed by atoms with Crippen LogP contribution < -0.4 is 15.6 Å². The lowest BCUT2D eigenvalue weighted by Crippen LogP contribution is -2.27. The number of pyridine rings is 2. The largest absolute Gasteiger partial charge is 0.495 e. The maximum atomic E-state index is 13.1. The molecular weight excluding hydrogens is 470 g/mol. The second-order valence-electron chi connectivity index (χ2n) is 7.56. The molecule has 3 aromatic heterocycles. The molecule has 0 unspecified atom stereocenters. The lowest BCUT2D eigenvalue weighted by Gasteiger charge is -2.13. The van der Waals surface area contributed by atoms with Crippen LogP contribution in [0.3, 0.4) is 0 Å². The fourth-order valence-electron chi connectivity index (χ4n) is 3.71. The summed E-state index contributed by atoms with van der Waals surface area (Å²) in [6.45, 7) is -0.199. The highest BCUT2D eigenvalue weighted by Crippen LogP contribution is 2.29. The second kappa shape index (κ2) is 9.40. The molecule has 9 nitrogen and oxygen atoms in total. The van der Waals surface area contributed by atoms with Crippen LogP contribution in [0, 0.1) is 0 Å². The third-order valence-corrected chi connectivity index (χ3v) is 5.65. The van der Waals surface area contributed by atoms with Gasteiger partial charge in [-0.25, -0.2) is 0 Å². The summed E-state index contributed by atoms with van der Waals surface area (Å²) in [6.07, 6.45) is 3.26. The molecule has 0 spiro atoms. The van der Waals surface area contributed by atoms with Gasteiger partial charge in [-0.2, -0.15) is 4.98 Å². The number of halogens is 1. The van der Waals surface area contributed by atoms with Crippen LogP contribution in [0.1, 0.15) is 0 Å². The van der Waals surface area contributed by atoms with Crippen LogP contribution in [0.15, 0.2) is 82.4 Å². The second-order valence-corrected chi connectivity index (χ2v) is 7.96. The molecule has 0 aliphatic carbocycles. The normalized spacial score (nSPS) is 10.9. The summed E-state index contributed by atoms with van der Waals surface area (Å²) < 4.78 is 12.0. The van der Waals surface area contributed by atoms with Gasteiger partial charge >= 0.3 is 0 Å². The van der Waals surface area contributed by atoms with Gasteiger partial charge in [0.25, 0.3) is 11.4 Å². The first kappa shape index (κ1) is 22.3. The zero-order valence-corrected chi connectivity index (χ0v) is 19.2. The summed E-state index contributed by atoms with van der Waals surface area (Å²) in [5.74, 6) is 0.697. The number of anilines is 1. The molecule has 174 valence electrons. The first-order chi connectivity index (χ1) is 17.0. The van der Waals surface area contributed by atoms with E-state index >= 15 is 0 Å². The van der Waals surface area contributed by atoms with Crippen molar-refractivity contribution in [1.82, 2.24) is 19.7 Å². The van der Waals surface area contributed by atoms with Crippen molar-refractivity contribution >= 4 is 34.1 Å². The minimum absolute atomic E-state index is 0.199. The van der Waals surface area contributed by atoms with Gasteiger partial charge in [0.15, 0.2) is 0 Å². The number of hydrogen-bond acceptors (Lipinski definition) is 7. The minimum Gasteiger partial charge on any atom is -0.495 e. The van der Waals surface area contributed by atoms with Crippen molar-refractivity contribution in [2.75, 3.05) is 12.4 Å². The van der Waals surface area contributed by atoms with E-state index in [1.165, 1.54) is 17.7 Å². The minimum atomic E-state index is -0.385. The molecule has 0 saturated carbocycles. The Morgan fingerprint density at radius 1 is 1.11 bits per heavy atom. The van der Waals surface area contributed by atoms with Crippen molar-refractivity contribution in [2.24, 2.45) is 0 Å². The van der Waals surface area contributed by atoms with Crippen molar-refractivity contribution in [2.45, 2.75) is 6.54 Å². The summed E-state index contributed by atoms with van der Waals surface area (Å²) in [6, 6.07) is 17.0. The number of nitrogens with zero attached hydrogens (tertiary/aromatic N) is 4. The Morgan fingerprint density at radius 3 is 2.69 bits per heavy atom. The molecule has 10 heteroatoms. The number of carbonyl (C=O) groups excluding carboxylic acids is 1. The van der Waals surface area contributed by atoms with Crippen molar-refractivity contribution in [1.29, 1.82) is 0 Å². The Bertz CT molecular complexity index is 1600. The molecule has 0 bridgehead atoms. The predicted molar refractivity (Wildman–Crippen MR) is 131 cm³/mol. The zero-order chi connectivity index (χ0) is 24.4. The smallest absolute Gasteiger partial charge is 0.259 e. The number of methoxy groups -OCH3 is 1. The van der Waals surface area contributed by atoms with Gasteiger partial charge in [-0.1, -0.05) is 35.0 Å². The average Bonchev–Trinajstić information content (AvgIpc) is 3.36. The molecule has 0 aliphatic rings. The van der Waals surface area contributed by atoms with Gasteiger partial charge in [0.2, 0.25) is 11.7 Å². The van der Waals surface area contributed by atoms with E-state index < -0.39 is 0 Å². The Hall–Kier alpha value is -4.50. The number of amides is 1. The molecule has 0 radical (unpaired) electrons. The highest BCUT2D eigenvalue weighted by atomic mass is 35.5. The van der Waals surface area contributed by atoms with E-state index in [1.807, 2.05) is 12.1 Å². The highest BCUT2D eigenvalue weighted by molar-refractivity contribution is 6.32. The van der Waals surface area contributed by atoms with Gasteiger partial charge in [-0.05, 0) is 36.4 Å². The molecule has 2 aromatic carbocycles. The molecule has 0 saturated heterocycles. The van der Waals surface area contributed by atoms with Crippen LogP contribution >= 0.6 is 11.6 Å². The topological polar surface area (TPSA) is 112 Å². The van der Waals surface area contributed by atoms with Crippen molar-refractivity contribution in [3.05, 3.63) is 88.4 Å². The summed E-state index contributed by atoms with van der Waals surface area (Å²) in [5, 5.41) is 7.84. The van der Waals surface area contributed by atoms with E-state index in [2.05, 4.69) is 20.4 Å². The van der Waals surface area contributed by atoms with E-state index in [0.717, 1.165) is 5.56 Å². The monoisotopic (exact) mass is 487 g/mol. The number of rotatable bonds is 6. The number of hydrogen-bond donors (Lipinski definition) is 1. The fraction of sp³-hybridized carbons (Fsp3) is 0.0800. The summed E-state index contributed by atoms with van der Waals surface area (Å²) in [4.78, 5) is 34.3. The number of fused-ring (bicyclic) bond motifs is 1. The number of ether oxygens (including phenoxy) is 1. The molecule has 0 aliphatic heterocycles. The average molecular weight is 488 g/mol. The fourth-order valence-corrected chi connectivity index (χ4v) is 3.97. The third-order valence-electron chi connectivity index (χ3n) is 5.35. The molecular formula is C25H18ClN5O4. The molecule has 0 fully saturated rings. The van der Waals surface area contributed by atoms with Crippen molar-refractivity contribution in [3.63, 3.8) is 0 Å². The quantitative estimate of drug-likeness (QED) is 0.377. The van der Waals surface area contributed by atoms with Crippen LogP contribution in [0.4, 0.5) is 5.69 Å². The van der Waals surface area contributed by atoms with E-state index in [1.54, 1.807) is 54.9 Å². The van der Waals surface area contributed by atoms with Crippen LogP contribution in [-0.2, 0) is 11.3 Å². The Kier molecular flexibility index (Phi) is 5.99. The van der Waals surface area contributed by atoms with Gasteiger partial charge in [0.1, 0.15) is 12.3 Å². The lowest BCUT2D eigenvalue weighted by atomic mass is 10.1. The Morgan fingerprint density at radius 2 is 1.91 bits per heavy atom. The lowest BCUT2D eigenvalue weighted by molar-refractivity contribution is -0.116. The predicted octanol–water partition coefficient (Wildman–Crippen LogP) is 4.41. The molecule has 3 heterocycles. The van der Waals surface area contributed by atoms with Crippen molar-refractivity contribution in [3.8, 4) is 28.6 Å². The number of para-hydroxylation sites is 1. The summed E-state index contributed by atoms with van der Waals surface area (Å²) in [7, 11) is 1.51. The molecule has 1 N–H and O–H groups in total. The van der Waals surface area contributed by atoms with E-state index in [9.17, 15) is 9.59 Å². The van der Waals surface area contributed by atoms with E-state index in [4.69, 9.17) is 20.9 Å². The van der Waals surface area contributed by atoms with E-state index in [0.29, 0.717) is 38.8 Å². The first-order valence-corrected chi connectivity index (χ1v) is 10.9. The number of carbonyl (C=O) groups is 1. The summed E-state index contributed by atoms with van der Waals surface area (Å²) in [5.41, 5.74) is 1.89. The third kappa shape index (κ3) is 4.49. The van der Waals surface area contributed by atoms with Gasteiger partial charge < -0.3 is 14.6 Å². The molecule has 5 rings (SSSR count). The maximum absolute atomic E-state index is 13.1. The summed E-state index contributed by atoms with van der Waals surface area (Å²) >= 11 is 6.14. The van der Waals surface area contributed by atoms with Gasteiger partial charge in [-0.15, -0.1) is 0 Å². The van der Waals surface area contributed by atoms with E-state index in [-0.39, 0.29) is 23.9 Å². The number of nitrogens with one attached hydrogen (secondary N) is 1. The SMILES string of the molecule is COc1ccc(NC(=O)Cn2c(=O)cc(-c3nc(-c4ccncc4)no3)c3ccccc32)cc1Cl. The van der Waals surface area contributed by atoms with Gasteiger partial charge in [-0.3, -0.25) is 19.1 Å². The highest BCUT2D eigenvalue weighted by Gasteiger charge is 2.18. The Balaban J connectivity index is 1.47. The van der Waals surface area contributed by atoms with Crippen molar-refractivity contribution < 1.29 is 14.1 Å². The molecule has 1 amide bonds. The standard InChI is InChI=1S/C25H18ClN5O4/c1-34-21-7-6-16(12-19(21)26)28-22(32)14-31-20-5-3-2-4-17(20)18(13-23(31)33)25-29-24(30-35-25)15-8-10-27-11-9-15/h2-13H,14H2,1H3,(H,28,32). The van der Waals surface area contributed by atoms with Crippen LogP contribution in [0.2, 0.25) is 5.02 Å². The van der Waals surface area contributed by atoms with Crippen LogP contribution in [0.5, 0.6) is 5.75 Å². The van der Waals surface area contributed by atoms with Gasteiger partial charge in [0, 0.05) is 35.1 Å². The Labute approximate surface area is 204 Å². The molecule has 0 atom stereocenters. The zero-order valence-electron chi connectivity index (χ0n) is 18.4.